The Balaban J connectivity index is 0.000000212. The molecule has 454 valence electrons. The number of nitrogens with one attached hydrogen (secondary N) is 6. The number of rotatable bonds is 19. The summed E-state index contributed by atoms with van der Waals surface area (Å²) in [6, 6.07) is 22.9. The minimum absolute atomic E-state index is 0.103. The highest BCUT2D eigenvalue weighted by Gasteiger charge is 2.17. The van der Waals surface area contributed by atoms with Crippen molar-refractivity contribution < 1.29 is 51.9 Å². The molecule has 0 bridgehead atoms. The van der Waals surface area contributed by atoms with Crippen LogP contribution < -0.4 is 63.3 Å². The lowest BCUT2D eigenvalue weighted by atomic mass is 10.2. The molecule has 0 spiro atoms. The Bertz CT molecular complexity index is 3890. The molecular formula is C56H51Cl3F2N18O9. The van der Waals surface area contributed by atoms with Crippen LogP contribution in [0.2, 0.25) is 15.1 Å². The summed E-state index contributed by atoms with van der Waals surface area (Å²) in [6.45, 7) is 1.93. The normalized spacial score (nSPS) is 10.5. The van der Waals surface area contributed by atoms with Crippen LogP contribution in [-0.4, -0.2) is 94.5 Å². The first-order valence-corrected chi connectivity index (χ1v) is 26.1. The van der Waals surface area contributed by atoms with Crippen LogP contribution in [0.15, 0.2) is 132 Å². The average molecular weight is 1260 g/mol. The number of ether oxygens (including phenoxy) is 3. The van der Waals surface area contributed by atoms with Crippen LogP contribution in [0.5, 0.6) is 34.9 Å². The number of aromatic nitrogens is 6. The predicted molar refractivity (Wildman–Crippen MR) is 330 cm³/mol. The Morgan fingerprint density at radius 3 is 1.32 bits per heavy atom. The summed E-state index contributed by atoms with van der Waals surface area (Å²) in [5.74, 6) is 2.84. The maximum Gasteiger partial charge on any atom is 0.323 e. The molecule has 0 aliphatic heterocycles. The molecule has 6 amide bonds. The summed E-state index contributed by atoms with van der Waals surface area (Å²) in [6.07, 6.45) is 12.8. The van der Waals surface area contributed by atoms with Crippen molar-refractivity contribution in [2.75, 3.05) is 66.3 Å². The van der Waals surface area contributed by atoms with Gasteiger partial charge in [-0.2, -0.15) is 0 Å². The molecule has 27 nitrogen and oxygen atoms in total. The molecule has 0 fully saturated rings. The predicted octanol–water partition coefficient (Wildman–Crippen LogP) is 10.8. The number of aryl methyl sites for hydroxylation is 1. The minimum Gasteiger partial charge on any atom is -0.438 e. The Labute approximate surface area is 515 Å². The van der Waals surface area contributed by atoms with Gasteiger partial charge in [-0.25, -0.2) is 53.1 Å². The number of halogens is 5. The van der Waals surface area contributed by atoms with E-state index in [0.717, 1.165) is 17.7 Å². The van der Waals surface area contributed by atoms with E-state index in [2.05, 4.69) is 97.7 Å². The largest absolute Gasteiger partial charge is 0.438 e. The quantitative estimate of drug-likeness (QED) is 0.0206. The number of amides is 6. The average Bonchev–Trinajstić information content (AvgIpc) is 3.25. The van der Waals surface area contributed by atoms with E-state index in [0.29, 0.717) is 51.0 Å². The monoisotopic (exact) mass is 1260 g/mol. The maximum atomic E-state index is 13.7. The van der Waals surface area contributed by atoms with Gasteiger partial charge in [0.15, 0.2) is 0 Å². The van der Waals surface area contributed by atoms with Gasteiger partial charge >= 0.3 is 18.1 Å². The van der Waals surface area contributed by atoms with E-state index >= 15 is 0 Å². The van der Waals surface area contributed by atoms with Crippen molar-refractivity contribution in [3.8, 4) is 47.2 Å². The number of nitrogens with zero attached hydrogens (tertiary/aromatic N) is 9. The molecule has 0 aliphatic rings. The van der Waals surface area contributed by atoms with Crippen molar-refractivity contribution in [3.05, 3.63) is 171 Å². The lowest BCUT2D eigenvalue weighted by Gasteiger charge is -2.12. The van der Waals surface area contributed by atoms with Crippen molar-refractivity contribution in [2.45, 2.75) is 13.5 Å². The van der Waals surface area contributed by atoms with Gasteiger partial charge in [-0.3, -0.25) is 0 Å². The van der Waals surface area contributed by atoms with Gasteiger partial charge in [-0.15, -0.1) is 6.42 Å². The van der Waals surface area contributed by atoms with E-state index in [9.17, 15) is 23.2 Å². The molecular weight excluding hydrogens is 1210 g/mol. The van der Waals surface area contributed by atoms with Gasteiger partial charge in [0.25, 0.3) is 0 Å². The first-order chi connectivity index (χ1) is 42.4. The topological polar surface area (TPSA) is 371 Å². The van der Waals surface area contributed by atoms with E-state index in [-0.39, 0.29) is 74.5 Å². The molecule has 0 saturated carbocycles. The fourth-order valence-corrected chi connectivity index (χ4v) is 7.30. The zero-order valence-electron chi connectivity index (χ0n) is 46.5. The zero-order valence-corrected chi connectivity index (χ0v) is 48.8. The highest BCUT2D eigenvalue weighted by Crippen LogP contribution is 2.34. The van der Waals surface area contributed by atoms with Gasteiger partial charge in [0.1, 0.15) is 103 Å². The number of carbonyl (C=O) groups is 3. The lowest BCUT2D eigenvalue weighted by Crippen LogP contribution is -2.28. The number of oxime groups is 3. The number of hydrogen-bond acceptors (Lipinski definition) is 21. The van der Waals surface area contributed by atoms with Crippen LogP contribution in [-0.2, 0) is 21.1 Å². The van der Waals surface area contributed by atoms with Crippen molar-refractivity contribution in [1.29, 1.82) is 0 Å². The molecule has 88 heavy (non-hydrogen) atoms. The van der Waals surface area contributed by atoms with E-state index in [1.165, 1.54) is 89.3 Å². The number of nitrogens with two attached hydrogens (primary N) is 3. The van der Waals surface area contributed by atoms with Crippen molar-refractivity contribution in [3.63, 3.8) is 0 Å². The van der Waals surface area contributed by atoms with Gasteiger partial charge in [-0.05, 0) is 61.5 Å². The first kappa shape index (κ1) is 65.8. The van der Waals surface area contributed by atoms with Crippen LogP contribution in [0.25, 0.3) is 0 Å². The third-order valence-electron chi connectivity index (χ3n) is 10.8. The fourth-order valence-electron chi connectivity index (χ4n) is 6.64. The number of benzene rings is 5. The standard InChI is InChI=1S/C20H17ClF2N6O3.C20H19ClN6O3.C16H15ClN6O3/c1-31-28-9-14-18(24)26-10-27-19(14)32-13-4-5-17(15(21)7-13)29-20(30)25-8-11-2-3-12(22)6-16(11)23;1-12-3-5-13(6-4-12)26-20(28)27-17-8-7-14(9-16(17)21)30-19-15(10-25-29-2)18(22)23-11-24-19;1-3-6-19-16(24)23-13-5-4-10(7-12(13)17)26-15-11(8-22-25-2)14(18)20-9-21-15/h2-7,9-10H,8H2,1H3,(H2,24,26,27)(H2,25,29,30);3-11H,1-2H3,(H2,22,23,24)(H2,26,27,28);1,4-5,7-9H,6H2,2H3,(H2,18,20,21)(H2,19,23,24)/b28-9+;25-10+;22-8+. The van der Waals surface area contributed by atoms with Gasteiger partial charge in [0.05, 0.1) is 57.3 Å². The highest BCUT2D eigenvalue weighted by molar-refractivity contribution is 6.34. The molecule has 8 rings (SSSR count). The van der Waals surface area contributed by atoms with Crippen LogP contribution in [0, 0.1) is 30.9 Å². The first-order valence-electron chi connectivity index (χ1n) is 24.9. The number of anilines is 7. The van der Waals surface area contributed by atoms with Crippen molar-refractivity contribution in [2.24, 2.45) is 15.5 Å². The van der Waals surface area contributed by atoms with E-state index in [1.54, 1.807) is 30.3 Å². The Hall–Kier alpha value is -11.4. The lowest BCUT2D eigenvalue weighted by molar-refractivity contribution is 0.215. The Morgan fingerprint density at radius 1 is 0.545 bits per heavy atom. The third kappa shape index (κ3) is 20.2. The summed E-state index contributed by atoms with van der Waals surface area (Å²) >= 11 is 18.7. The summed E-state index contributed by atoms with van der Waals surface area (Å²) in [4.78, 5) is 73.6. The van der Waals surface area contributed by atoms with Gasteiger partial charge in [0.2, 0.25) is 17.6 Å². The second-order valence-corrected chi connectivity index (χ2v) is 18.1. The summed E-state index contributed by atoms with van der Waals surface area (Å²) in [7, 11) is 4.16. The Kier molecular flexibility index (Phi) is 24.8. The molecule has 3 heterocycles. The number of urea groups is 3. The molecule has 32 heteroatoms. The van der Waals surface area contributed by atoms with Crippen molar-refractivity contribution in [1.82, 2.24) is 40.5 Å². The molecule has 0 radical (unpaired) electrons. The zero-order chi connectivity index (χ0) is 63.5. The smallest absolute Gasteiger partial charge is 0.323 e. The van der Waals surface area contributed by atoms with E-state index < -0.39 is 29.7 Å². The van der Waals surface area contributed by atoms with Gasteiger partial charge in [-0.1, -0.05) is 80.0 Å². The number of terminal acetylenes is 1. The maximum absolute atomic E-state index is 13.7. The third-order valence-corrected chi connectivity index (χ3v) is 11.8. The highest BCUT2D eigenvalue weighted by atomic mass is 35.5. The van der Waals surface area contributed by atoms with E-state index in [4.69, 9.17) is 72.6 Å². The van der Waals surface area contributed by atoms with Gasteiger partial charge < -0.3 is 77.8 Å². The molecule has 8 aromatic rings. The number of nitrogen functional groups attached to an aromatic ring is 3. The van der Waals surface area contributed by atoms with Crippen LogP contribution in [0.3, 0.4) is 0 Å². The Morgan fingerprint density at radius 2 is 0.943 bits per heavy atom. The molecule has 3 aromatic heterocycles. The SMILES string of the molecule is C#CCNC(=O)Nc1ccc(Oc2ncnc(N)c2/C=N/OC)cc1Cl.CO/N=C/c1c(N)ncnc1Oc1ccc(NC(=O)NCc2ccc(F)cc2F)c(Cl)c1.CO/N=C/c1c(N)ncnc1Oc1ccc(NC(=O)Nc2ccc(C)cc2)c(Cl)c1. The minimum atomic E-state index is -0.759. The molecule has 0 atom stereocenters. The molecule has 0 saturated heterocycles. The molecule has 0 unspecified atom stereocenters. The second-order valence-electron chi connectivity index (χ2n) is 16.9. The molecule has 0 aliphatic carbocycles. The molecule has 5 aromatic carbocycles. The van der Waals surface area contributed by atoms with Crippen molar-refractivity contribution >= 4 is 112 Å². The van der Waals surface area contributed by atoms with Crippen LogP contribution in [0.4, 0.5) is 63.4 Å². The summed E-state index contributed by atoms with van der Waals surface area (Å²) < 4.78 is 43.7. The summed E-state index contributed by atoms with van der Waals surface area (Å²) in [5.41, 5.74) is 21.4. The fraction of sp³-hybridized carbons (Fsp3) is 0.107. The van der Waals surface area contributed by atoms with Crippen LogP contribution >= 0.6 is 34.8 Å². The second kappa shape index (κ2) is 33.2. The molecule has 12 N–H and O–H groups in total. The number of carbonyl (C=O) groups excluding carboxylic acids is 3. The van der Waals surface area contributed by atoms with E-state index in [1.807, 2.05) is 31.2 Å². The summed E-state index contributed by atoms with van der Waals surface area (Å²) in [5, 5.41) is 27.1. The van der Waals surface area contributed by atoms with Gasteiger partial charge in [0, 0.05) is 42.1 Å². The van der Waals surface area contributed by atoms with Crippen LogP contribution in [0.1, 0.15) is 27.8 Å². The number of hydrogen-bond donors (Lipinski definition) is 9.